The van der Waals surface area contributed by atoms with E-state index >= 15 is 43.2 Å². The van der Waals surface area contributed by atoms with Crippen molar-refractivity contribution in [2.24, 2.45) is 11.5 Å². The number of aliphatic carboxylic acids is 1. The number of aliphatic hydroxyl groups is 4. The molecule has 2 fully saturated rings. The van der Waals surface area contributed by atoms with Crippen LogP contribution in [0.1, 0.15) is 107 Å². The number of benzene rings is 4. The van der Waals surface area contributed by atoms with Gasteiger partial charge in [-0.3, -0.25) is 82.7 Å². The number of aromatic amines is 2. The van der Waals surface area contributed by atoms with Crippen LogP contribution in [0.25, 0.3) is 21.8 Å². The highest BCUT2D eigenvalue weighted by Gasteiger charge is 2.44. The molecule has 16 atom stereocenters. The van der Waals surface area contributed by atoms with Crippen LogP contribution < -0.4 is 102 Å². The Bertz CT molecular complexity index is 5540. The van der Waals surface area contributed by atoms with Gasteiger partial charge in [-0.25, -0.2) is 4.79 Å². The molecule has 0 unspecified atom stereocenters. The summed E-state index contributed by atoms with van der Waals surface area (Å²) in [6.07, 6.45) is 4.24. The summed E-state index contributed by atoms with van der Waals surface area (Å²) in [6.45, 7) is 3.99. The molecule has 141 heavy (non-hydrogen) atoms. The molecule has 30 N–H and O–H groups in total. The van der Waals surface area contributed by atoms with Crippen molar-refractivity contribution >= 4 is 141 Å². The number of carbonyl (C=O) groups excluding carboxylic acids is 15. The van der Waals surface area contributed by atoms with E-state index in [4.69, 9.17) is 22.3 Å². The highest BCUT2D eigenvalue weighted by Crippen LogP contribution is 2.26. The average molecular weight is 1970 g/mol. The van der Waals surface area contributed by atoms with Gasteiger partial charge in [0.15, 0.2) is 11.9 Å². The Kier molecular flexibility index (Phi) is 42.7. The molecular weight excluding hydrogens is 1850 g/mol. The van der Waals surface area contributed by atoms with Gasteiger partial charge in [0.05, 0.1) is 25.2 Å². The molecule has 0 saturated carbocycles. The zero-order chi connectivity index (χ0) is 102. The molecule has 0 bridgehead atoms. The molecule has 2 aromatic heterocycles. The number of aliphatic hydroxyl groups excluding tert-OH is 4. The summed E-state index contributed by atoms with van der Waals surface area (Å²) in [7, 11) is 0. The van der Waals surface area contributed by atoms with Crippen LogP contribution in [-0.2, 0) is 102 Å². The number of carboxylic acid groups (broad SMARTS) is 1. The first-order valence-corrected chi connectivity index (χ1v) is 46.9. The van der Waals surface area contributed by atoms with Gasteiger partial charge in [-0.1, -0.05) is 128 Å². The molecule has 0 spiro atoms. The lowest BCUT2D eigenvalue weighted by molar-refractivity contribution is -0.144. The summed E-state index contributed by atoms with van der Waals surface area (Å²) in [5.74, 6) is -19.5. The van der Waals surface area contributed by atoms with E-state index in [0.717, 1.165) is 18.7 Å². The molecular formula is C95H126N24O21S. The number of guanidine groups is 2. The van der Waals surface area contributed by atoms with Crippen LogP contribution in [0, 0.1) is 10.8 Å². The number of nitrogens with two attached hydrogens (primary N) is 2. The topological polar surface area (TPSA) is 713 Å². The first-order chi connectivity index (χ1) is 67.5. The standard InChI is InChI=1S/C95H126N24O21S/c1-52-22-7-6-17-35-100-46-57(52)42-69-80(126)101-36-18-16-31-64(108-84(130)67(106-77(125)50-121)40-55-23-8-4-9-24-55)81(127)113-70(43-58-47-104-62-29-14-12-27-60(58)62)87(133)115-72(92(138)119-39-21-34-75(119)89(135)110-66(33-20-38-103-95(98)99)83(129)116-73(49-120)93(139)140)45-76(124)107-74(51-141)88(134)117-79(54(3)123)91(137)118-78(53(2)122)90(136)114-71(44-59-48-105-63-30-15-13-28-61(59)63)86(132)111-68(41-56-25-10-5-11-26-56)85(131)109-65(82(128)112-69)32-19-37-102-94(96)97/h4-15,17,22-30,46-48,53-54,64-75,78-79,100,104-105,120-123,141H,1,16,18-21,31-45,49-51H2,2-3H3,(H,101,126)(H,106,125)(H,107,124)(H,108,130)(H,109,131)(H,110,135)(H,111,132)(H,112,128)(H,113,127)(H,114,136)(H,115,133)(H,116,129)(H,117,134)(H,118,137)(H,139,140)(H4,96,97,102)(H4,98,99,103)/b17-6-,22-7-,57-46-/t53-,54-,64+,65+,66+,67+,68+,69+,70+,71+,72+,73+,74+,75+,78+,79+/m1/s1. The van der Waals surface area contributed by atoms with Crippen LogP contribution in [0.15, 0.2) is 170 Å². The number of carboxylic acids is 1. The Morgan fingerprint density at radius 3 is 1.67 bits per heavy atom. The lowest BCUT2D eigenvalue weighted by Gasteiger charge is -2.31. The molecule has 3 aliphatic heterocycles. The molecule has 45 nitrogen and oxygen atoms in total. The zero-order valence-electron chi connectivity index (χ0n) is 78.0. The van der Waals surface area contributed by atoms with E-state index in [1.165, 1.54) is 6.20 Å². The molecule has 2 saturated heterocycles. The zero-order valence-corrected chi connectivity index (χ0v) is 78.9. The maximum Gasteiger partial charge on any atom is 0.328 e. The van der Waals surface area contributed by atoms with E-state index in [1.54, 1.807) is 140 Å². The summed E-state index contributed by atoms with van der Waals surface area (Å²) < 4.78 is 0. The molecule has 4 aromatic carbocycles. The highest BCUT2D eigenvalue weighted by atomic mass is 32.1. The molecule has 6 aromatic rings. The van der Waals surface area contributed by atoms with Crippen LogP contribution in [-0.4, -0.2) is 295 Å². The normalized spacial score (nSPS) is 23.1. The number of nitrogens with one attached hydrogen (secondary N) is 21. The van der Waals surface area contributed by atoms with Gasteiger partial charge in [0.25, 0.3) is 0 Å². The third-order valence-electron chi connectivity index (χ3n) is 23.7. The first kappa shape index (κ1) is 110. The third-order valence-corrected chi connectivity index (χ3v) is 24.0. The van der Waals surface area contributed by atoms with Crippen molar-refractivity contribution in [1.82, 2.24) is 105 Å². The highest BCUT2D eigenvalue weighted by molar-refractivity contribution is 7.80. The van der Waals surface area contributed by atoms with Gasteiger partial charge >= 0.3 is 5.97 Å². The predicted octanol–water partition coefficient (Wildman–Crippen LogP) is -4.26. The Hall–Kier alpha value is -15.0. The fraction of sp³-hybridized carbons (Fsp3) is 0.432. The second-order valence-electron chi connectivity index (χ2n) is 34.4. The van der Waals surface area contributed by atoms with E-state index in [-0.39, 0.29) is 110 Å². The molecule has 0 aliphatic carbocycles. The smallest absolute Gasteiger partial charge is 0.328 e. The lowest BCUT2D eigenvalue weighted by Crippen LogP contribution is -2.63. The minimum Gasteiger partial charge on any atom is -0.480 e. The van der Waals surface area contributed by atoms with Crippen molar-refractivity contribution in [3.8, 4) is 0 Å². The van der Waals surface area contributed by atoms with Gasteiger partial charge in [-0.2, -0.15) is 12.6 Å². The number of aromatic nitrogens is 2. The third kappa shape index (κ3) is 33.7. The number of thiol groups is 1. The SMILES string of the molecule is C=C1/C=C\C=C/CN/C=C\1C[C@@H]1NC(=O)[C@H](CCCNC(=N)N)NC(=O)[C@H](Cc2ccccc2)NC(=O)[C@H](Cc2c[nH]c3ccccc23)NC(=O)[C@H]([C@@H](C)O)NC(=O)[C@H]([C@@H](C)O)NC(=O)[C@H](CS)NC(=O)C[C@@H](C(=O)N2CCC[C@H]2C(=O)N[C@@H](CCCNC(=N)N)C(=O)N[C@@H](CO)C(=O)O)NC(=O)[C@H](Cc2c[nH]c3ccccc23)NC(=O)[C@@H](NC(=O)[C@H](Cc2ccccc2)NC(=O)CO)CCCCNC1=O. The van der Waals surface area contributed by atoms with E-state index in [1.807, 2.05) is 6.08 Å². The van der Waals surface area contributed by atoms with Crippen molar-refractivity contribution < 1.29 is 102 Å². The average Bonchev–Trinajstić information content (AvgIpc) is 1.70. The molecule has 9 rings (SSSR count). The number of fused-ring (bicyclic) bond motifs is 2. The fourth-order valence-corrected chi connectivity index (χ4v) is 16.4. The molecule has 46 heteroatoms. The van der Waals surface area contributed by atoms with Crippen LogP contribution in [0.5, 0.6) is 0 Å². The molecule has 0 radical (unpaired) electrons. The maximum atomic E-state index is 15.9. The quantitative estimate of drug-likeness (QED) is 0.00823. The van der Waals surface area contributed by atoms with Crippen molar-refractivity contribution in [3.63, 3.8) is 0 Å². The Labute approximate surface area is 817 Å². The van der Waals surface area contributed by atoms with Crippen LogP contribution in [0.3, 0.4) is 0 Å². The number of nitrogens with zero attached hydrogens (tertiary/aromatic N) is 1. The monoisotopic (exact) mass is 1970 g/mol. The maximum absolute atomic E-state index is 15.9. The molecule has 3 aliphatic rings. The number of para-hydroxylation sites is 2. The van der Waals surface area contributed by atoms with Gasteiger partial charge in [-0.15, -0.1) is 0 Å². The summed E-state index contributed by atoms with van der Waals surface area (Å²) in [6, 6.07) is 5.79. The Balaban J connectivity index is 1.16. The first-order valence-electron chi connectivity index (χ1n) is 46.2. The molecule has 5 heterocycles. The van der Waals surface area contributed by atoms with E-state index in [9.17, 15) is 59.1 Å². The van der Waals surface area contributed by atoms with Gasteiger partial charge in [0.1, 0.15) is 91.2 Å². The van der Waals surface area contributed by atoms with Crippen LogP contribution in [0.4, 0.5) is 0 Å². The van der Waals surface area contributed by atoms with Gasteiger partial charge < -0.3 is 142 Å². The van der Waals surface area contributed by atoms with Gasteiger partial charge in [0, 0.05) is 111 Å². The summed E-state index contributed by atoms with van der Waals surface area (Å²) in [4.78, 5) is 245. The number of H-pyrrole nitrogens is 2. The minimum absolute atomic E-state index is 0.00676. The minimum atomic E-state index is -2.14. The van der Waals surface area contributed by atoms with E-state index in [0.29, 0.717) is 61.8 Å². The number of carbonyl (C=O) groups is 16. The van der Waals surface area contributed by atoms with Crippen molar-refractivity contribution in [2.45, 2.75) is 207 Å². The van der Waals surface area contributed by atoms with Crippen molar-refractivity contribution in [1.29, 1.82) is 10.8 Å². The van der Waals surface area contributed by atoms with Gasteiger partial charge in [-0.05, 0) is 117 Å². The number of hydrogen-bond donors (Lipinski definition) is 29. The van der Waals surface area contributed by atoms with E-state index in [2.05, 4.69) is 120 Å². The van der Waals surface area contributed by atoms with Crippen molar-refractivity contribution in [3.05, 3.63) is 192 Å². The summed E-state index contributed by atoms with van der Waals surface area (Å²) in [5, 5.41) is 114. The number of hydrogen-bond acceptors (Lipinski definition) is 24. The number of allylic oxidation sites excluding steroid dienone is 4. The van der Waals surface area contributed by atoms with Crippen LogP contribution in [0.2, 0.25) is 0 Å². The van der Waals surface area contributed by atoms with E-state index < -0.39 is 235 Å². The molecule has 758 valence electrons. The largest absolute Gasteiger partial charge is 0.480 e. The van der Waals surface area contributed by atoms with Gasteiger partial charge in [0.2, 0.25) is 88.6 Å². The summed E-state index contributed by atoms with van der Waals surface area (Å²) in [5.41, 5.74) is 14.9. The predicted molar refractivity (Wildman–Crippen MR) is 521 cm³/mol. The fourth-order valence-electron chi connectivity index (χ4n) is 16.1. The summed E-state index contributed by atoms with van der Waals surface area (Å²) >= 11 is 4.35. The number of amides is 15. The molecule has 15 amide bonds. The number of likely N-dealkylation sites (tertiary alicyclic amines) is 1. The second kappa shape index (κ2) is 54.9. The lowest BCUT2D eigenvalue weighted by atomic mass is 9.98. The Morgan fingerprint density at radius 1 is 0.553 bits per heavy atom. The van der Waals surface area contributed by atoms with Crippen molar-refractivity contribution in [2.75, 3.05) is 51.7 Å². The number of rotatable bonds is 32. The van der Waals surface area contributed by atoms with Crippen LogP contribution >= 0.6 is 12.6 Å². The second-order valence-corrected chi connectivity index (χ2v) is 34.7. The Morgan fingerprint density at radius 2 is 1.09 bits per heavy atom.